The van der Waals surface area contributed by atoms with Crippen LogP contribution in [0.15, 0.2) is 0 Å². The predicted molar refractivity (Wildman–Crippen MR) is 58.0 cm³/mol. The summed E-state index contributed by atoms with van der Waals surface area (Å²) < 4.78 is 32.0. The lowest BCUT2D eigenvalue weighted by Gasteiger charge is -2.11. The normalized spacial score (nSPS) is 22.9. The fraction of sp³-hybridized carbons (Fsp3) is 0.889. The number of amides is 1. The summed E-state index contributed by atoms with van der Waals surface area (Å²) in [6.45, 7) is 2.96. The van der Waals surface area contributed by atoms with Gasteiger partial charge in [-0.3, -0.25) is 0 Å². The third-order valence-electron chi connectivity index (χ3n) is 2.22. The van der Waals surface area contributed by atoms with Crippen LogP contribution in [0.3, 0.4) is 0 Å². The molecule has 0 aliphatic carbocycles. The van der Waals surface area contributed by atoms with Gasteiger partial charge in [-0.1, -0.05) is 0 Å². The molecular formula is C9H17NO5S. The van der Waals surface area contributed by atoms with E-state index in [-0.39, 0.29) is 24.2 Å². The van der Waals surface area contributed by atoms with E-state index in [2.05, 4.69) is 5.32 Å². The van der Waals surface area contributed by atoms with E-state index in [4.69, 9.17) is 9.47 Å². The van der Waals surface area contributed by atoms with Gasteiger partial charge in [-0.05, 0) is 13.3 Å². The molecular weight excluding hydrogens is 234 g/mol. The molecule has 6 nitrogen and oxygen atoms in total. The highest BCUT2D eigenvalue weighted by atomic mass is 32.2. The van der Waals surface area contributed by atoms with Crippen LogP contribution in [0.1, 0.15) is 13.3 Å². The number of ether oxygens (including phenoxy) is 2. The largest absolute Gasteiger partial charge is 0.447 e. The molecule has 0 saturated carbocycles. The van der Waals surface area contributed by atoms with Crippen molar-refractivity contribution in [2.24, 2.45) is 0 Å². The number of carbonyl (C=O) groups excluding carboxylic acids is 1. The number of hydrogen-bond donors (Lipinski definition) is 1. The number of alkyl carbamates (subject to hydrolysis) is 1. The van der Waals surface area contributed by atoms with E-state index in [9.17, 15) is 13.2 Å². The third-order valence-corrected chi connectivity index (χ3v) is 3.99. The fourth-order valence-corrected chi connectivity index (χ4v) is 3.13. The van der Waals surface area contributed by atoms with Crippen LogP contribution in [-0.4, -0.2) is 51.9 Å². The molecule has 0 aromatic heterocycles. The van der Waals surface area contributed by atoms with E-state index < -0.39 is 15.9 Å². The molecule has 0 bridgehead atoms. The number of rotatable bonds is 5. The highest BCUT2D eigenvalue weighted by Crippen LogP contribution is 2.11. The Morgan fingerprint density at radius 3 is 2.75 bits per heavy atom. The lowest BCUT2D eigenvalue weighted by atomic mass is 10.3. The van der Waals surface area contributed by atoms with Crippen LogP contribution in [0.2, 0.25) is 0 Å². The summed E-state index contributed by atoms with van der Waals surface area (Å²) in [4.78, 5) is 11.2. The van der Waals surface area contributed by atoms with Gasteiger partial charge in [-0.15, -0.1) is 0 Å². The Morgan fingerprint density at radius 1 is 1.44 bits per heavy atom. The summed E-state index contributed by atoms with van der Waals surface area (Å²) in [5.74, 6) is 0.143. The van der Waals surface area contributed by atoms with Crippen molar-refractivity contribution < 1.29 is 22.7 Å². The van der Waals surface area contributed by atoms with Crippen molar-refractivity contribution in [2.75, 3.05) is 31.3 Å². The van der Waals surface area contributed by atoms with Crippen LogP contribution < -0.4 is 5.32 Å². The summed E-state index contributed by atoms with van der Waals surface area (Å²) in [5.41, 5.74) is 0. The second kappa shape index (κ2) is 6.05. The molecule has 1 saturated heterocycles. The Kier molecular flexibility index (Phi) is 5.01. The van der Waals surface area contributed by atoms with Crippen molar-refractivity contribution in [3.63, 3.8) is 0 Å². The Morgan fingerprint density at radius 2 is 2.19 bits per heavy atom. The van der Waals surface area contributed by atoms with Crippen molar-refractivity contribution in [3.05, 3.63) is 0 Å². The van der Waals surface area contributed by atoms with Crippen LogP contribution in [0, 0.1) is 0 Å². The van der Waals surface area contributed by atoms with E-state index in [0.29, 0.717) is 19.6 Å². The summed E-state index contributed by atoms with van der Waals surface area (Å²) >= 11 is 0. The maximum absolute atomic E-state index is 11.2. The van der Waals surface area contributed by atoms with E-state index >= 15 is 0 Å². The topological polar surface area (TPSA) is 81.7 Å². The highest BCUT2D eigenvalue weighted by Gasteiger charge is 2.29. The second-order valence-corrected chi connectivity index (χ2v) is 5.81. The first kappa shape index (κ1) is 13.2. The maximum atomic E-state index is 11.2. The molecule has 0 aromatic rings. The highest BCUT2D eigenvalue weighted by molar-refractivity contribution is 7.91. The molecule has 1 amide bonds. The molecule has 1 rings (SSSR count). The van der Waals surface area contributed by atoms with Crippen LogP contribution in [0.4, 0.5) is 4.79 Å². The molecule has 7 heteroatoms. The first-order chi connectivity index (χ1) is 7.53. The zero-order chi connectivity index (χ0) is 12.0. The zero-order valence-corrected chi connectivity index (χ0v) is 10.1. The third kappa shape index (κ3) is 4.80. The summed E-state index contributed by atoms with van der Waals surface area (Å²) in [5, 5.41) is 2.52. The lowest BCUT2D eigenvalue weighted by Crippen LogP contribution is -2.36. The van der Waals surface area contributed by atoms with E-state index in [0.717, 1.165) is 0 Å². The SMILES string of the molecule is CCOCCOC(=O)NC1CCS(=O)(=O)C1. The summed E-state index contributed by atoms with van der Waals surface area (Å²) in [7, 11) is -2.97. The van der Waals surface area contributed by atoms with Gasteiger partial charge in [0, 0.05) is 12.6 Å². The molecule has 1 aliphatic rings. The number of nitrogens with one attached hydrogen (secondary N) is 1. The second-order valence-electron chi connectivity index (χ2n) is 3.58. The zero-order valence-electron chi connectivity index (χ0n) is 9.27. The molecule has 0 radical (unpaired) electrons. The van der Waals surface area contributed by atoms with E-state index in [1.165, 1.54) is 0 Å². The molecule has 0 spiro atoms. The standard InChI is InChI=1S/C9H17NO5S/c1-2-14-4-5-15-9(11)10-8-3-6-16(12,13)7-8/h8H,2-7H2,1H3,(H,10,11). The maximum Gasteiger partial charge on any atom is 0.407 e. The van der Waals surface area contributed by atoms with Gasteiger partial charge in [0.15, 0.2) is 9.84 Å². The van der Waals surface area contributed by atoms with Crippen molar-refractivity contribution in [1.29, 1.82) is 0 Å². The Bertz CT molecular complexity index is 327. The van der Waals surface area contributed by atoms with Gasteiger partial charge in [0.2, 0.25) is 0 Å². The minimum atomic E-state index is -2.97. The monoisotopic (exact) mass is 251 g/mol. The van der Waals surface area contributed by atoms with Gasteiger partial charge in [-0.2, -0.15) is 0 Å². The molecule has 1 fully saturated rings. The van der Waals surface area contributed by atoms with Crippen molar-refractivity contribution in [1.82, 2.24) is 5.32 Å². The van der Waals surface area contributed by atoms with Crippen LogP contribution in [0.5, 0.6) is 0 Å². The fourth-order valence-electron chi connectivity index (χ4n) is 1.45. The van der Waals surface area contributed by atoms with Crippen molar-refractivity contribution in [2.45, 2.75) is 19.4 Å². The smallest absolute Gasteiger partial charge is 0.407 e. The van der Waals surface area contributed by atoms with Gasteiger partial charge in [0.25, 0.3) is 0 Å². The Balaban J connectivity index is 2.15. The predicted octanol–water partition coefficient (Wildman–Crippen LogP) is -0.0638. The molecule has 1 heterocycles. The minimum Gasteiger partial charge on any atom is -0.447 e. The van der Waals surface area contributed by atoms with Crippen LogP contribution in [0.25, 0.3) is 0 Å². The Labute approximate surface area is 95.2 Å². The molecule has 94 valence electrons. The van der Waals surface area contributed by atoms with Gasteiger partial charge in [0.1, 0.15) is 6.61 Å². The molecule has 1 N–H and O–H groups in total. The van der Waals surface area contributed by atoms with Crippen molar-refractivity contribution >= 4 is 15.9 Å². The minimum absolute atomic E-state index is 0.00750. The number of carbonyl (C=O) groups is 1. The van der Waals surface area contributed by atoms with E-state index in [1.54, 1.807) is 0 Å². The van der Waals surface area contributed by atoms with Gasteiger partial charge in [-0.25, -0.2) is 13.2 Å². The van der Waals surface area contributed by atoms with Crippen LogP contribution >= 0.6 is 0 Å². The average molecular weight is 251 g/mol. The quantitative estimate of drug-likeness (QED) is 0.692. The lowest BCUT2D eigenvalue weighted by molar-refractivity contribution is 0.0777. The molecule has 1 aliphatic heterocycles. The van der Waals surface area contributed by atoms with Gasteiger partial charge >= 0.3 is 6.09 Å². The molecule has 1 atom stereocenters. The number of hydrogen-bond acceptors (Lipinski definition) is 5. The van der Waals surface area contributed by atoms with Crippen LogP contribution in [-0.2, 0) is 19.3 Å². The summed E-state index contributed by atoms with van der Waals surface area (Å²) in [6, 6.07) is -0.315. The van der Waals surface area contributed by atoms with Gasteiger partial charge < -0.3 is 14.8 Å². The molecule has 1 unspecified atom stereocenters. The molecule has 0 aromatic carbocycles. The first-order valence-electron chi connectivity index (χ1n) is 5.25. The molecule has 16 heavy (non-hydrogen) atoms. The van der Waals surface area contributed by atoms with Crippen molar-refractivity contribution in [3.8, 4) is 0 Å². The van der Waals surface area contributed by atoms with E-state index in [1.807, 2.05) is 6.92 Å². The first-order valence-corrected chi connectivity index (χ1v) is 7.07. The summed E-state index contributed by atoms with van der Waals surface area (Å²) in [6.07, 6.45) is -0.120. The average Bonchev–Trinajstić information content (AvgIpc) is 2.53. The Hall–Kier alpha value is -0.820. The number of sulfone groups is 1. The van der Waals surface area contributed by atoms with Gasteiger partial charge in [0.05, 0.1) is 18.1 Å².